The summed E-state index contributed by atoms with van der Waals surface area (Å²) < 4.78 is 1.86. The highest BCUT2D eigenvalue weighted by atomic mass is 16.2. The molecule has 1 aliphatic rings. The molecule has 0 unspecified atom stereocenters. The van der Waals surface area contributed by atoms with Crippen LogP contribution in [0, 0.1) is 0 Å². The van der Waals surface area contributed by atoms with Crippen molar-refractivity contribution >= 4 is 6.03 Å². The summed E-state index contributed by atoms with van der Waals surface area (Å²) in [5.74, 6) is 0.718. The van der Waals surface area contributed by atoms with Crippen LogP contribution in [0.3, 0.4) is 0 Å². The number of nitrogens with zero attached hydrogens (tertiary/aromatic N) is 4. The lowest BCUT2D eigenvalue weighted by Crippen LogP contribution is -2.37. The summed E-state index contributed by atoms with van der Waals surface area (Å²) in [6, 6.07) is 10.3. The van der Waals surface area contributed by atoms with Crippen molar-refractivity contribution in [1.29, 1.82) is 0 Å². The molecule has 1 aromatic carbocycles. The first-order valence-electron chi connectivity index (χ1n) is 8.15. The zero-order chi connectivity index (χ0) is 15.9. The van der Waals surface area contributed by atoms with E-state index in [0.29, 0.717) is 19.1 Å². The first kappa shape index (κ1) is 15.5. The van der Waals surface area contributed by atoms with Crippen LogP contribution in [0.25, 0.3) is 0 Å². The van der Waals surface area contributed by atoms with E-state index in [-0.39, 0.29) is 6.03 Å². The fourth-order valence-corrected chi connectivity index (χ4v) is 2.95. The van der Waals surface area contributed by atoms with Crippen molar-refractivity contribution in [2.45, 2.75) is 44.7 Å². The predicted octanol–water partition coefficient (Wildman–Crippen LogP) is 1.83. The number of carbonyl (C=O) groups excluding carboxylic acids is 1. The molecule has 1 fully saturated rings. The highest BCUT2D eigenvalue weighted by Gasteiger charge is 2.21. The maximum Gasteiger partial charge on any atom is 0.315 e. The van der Waals surface area contributed by atoms with E-state index in [0.717, 1.165) is 25.1 Å². The molecule has 0 spiro atoms. The minimum atomic E-state index is -0.193. The number of rotatable bonds is 6. The molecule has 0 bridgehead atoms. The van der Waals surface area contributed by atoms with Gasteiger partial charge in [-0.25, -0.2) is 9.48 Å². The maximum absolute atomic E-state index is 11.9. The van der Waals surface area contributed by atoms with Gasteiger partial charge in [-0.2, -0.15) is 0 Å². The molecule has 7 nitrogen and oxygen atoms in total. The third-order valence-electron chi connectivity index (χ3n) is 4.18. The average molecular weight is 314 g/mol. The van der Waals surface area contributed by atoms with Crippen LogP contribution in [-0.2, 0) is 13.0 Å². The minimum absolute atomic E-state index is 0.193. The molecule has 2 amide bonds. The van der Waals surface area contributed by atoms with Gasteiger partial charge in [-0.3, -0.25) is 0 Å². The standard InChI is InChI=1S/C16H22N6O/c23-16(17-11-10-13-6-2-1-3-7-13)18-12-15-19-20-21-22(15)14-8-4-5-9-14/h1-3,6-7,14H,4-5,8-12H2,(H2,17,18,23). The number of nitrogens with one attached hydrogen (secondary N) is 2. The van der Waals surface area contributed by atoms with Gasteiger partial charge in [0.15, 0.2) is 5.82 Å². The molecule has 1 aromatic heterocycles. The van der Waals surface area contributed by atoms with Crippen molar-refractivity contribution in [1.82, 2.24) is 30.8 Å². The third kappa shape index (κ3) is 4.28. The Balaban J connectivity index is 1.41. The molecule has 122 valence electrons. The SMILES string of the molecule is O=C(NCCc1ccccc1)NCc1nnnn1C1CCCC1. The molecule has 1 heterocycles. The average Bonchev–Trinajstić information content (AvgIpc) is 3.25. The predicted molar refractivity (Wildman–Crippen MR) is 85.7 cm³/mol. The van der Waals surface area contributed by atoms with E-state index in [1.54, 1.807) is 0 Å². The van der Waals surface area contributed by atoms with E-state index >= 15 is 0 Å². The zero-order valence-electron chi connectivity index (χ0n) is 13.1. The normalized spacial score (nSPS) is 14.8. The summed E-state index contributed by atoms with van der Waals surface area (Å²) in [6.07, 6.45) is 5.48. The number of tetrazole rings is 1. The Hall–Kier alpha value is -2.44. The van der Waals surface area contributed by atoms with Gasteiger partial charge in [0, 0.05) is 6.54 Å². The molecule has 0 atom stereocenters. The molecule has 3 rings (SSSR count). The van der Waals surface area contributed by atoms with Crippen LogP contribution in [0.5, 0.6) is 0 Å². The number of urea groups is 1. The van der Waals surface area contributed by atoms with Crippen LogP contribution in [0.1, 0.15) is 43.1 Å². The fourth-order valence-electron chi connectivity index (χ4n) is 2.95. The second-order valence-electron chi connectivity index (χ2n) is 5.82. The van der Waals surface area contributed by atoms with Gasteiger partial charge in [0.05, 0.1) is 12.6 Å². The van der Waals surface area contributed by atoms with Gasteiger partial charge in [0.1, 0.15) is 0 Å². The highest BCUT2D eigenvalue weighted by molar-refractivity contribution is 5.73. The van der Waals surface area contributed by atoms with Crippen LogP contribution < -0.4 is 10.6 Å². The first-order valence-corrected chi connectivity index (χ1v) is 8.15. The molecule has 0 radical (unpaired) electrons. The van der Waals surface area contributed by atoms with Crippen LogP contribution in [0.15, 0.2) is 30.3 Å². The van der Waals surface area contributed by atoms with E-state index in [4.69, 9.17) is 0 Å². The maximum atomic E-state index is 11.9. The van der Waals surface area contributed by atoms with E-state index in [2.05, 4.69) is 38.3 Å². The number of amides is 2. The quantitative estimate of drug-likeness (QED) is 0.852. The fraction of sp³-hybridized carbons (Fsp3) is 0.500. The summed E-state index contributed by atoms with van der Waals surface area (Å²) in [5, 5.41) is 17.5. The smallest absolute Gasteiger partial charge is 0.315 e. The van der Waals surface area contributed by atoms with Crippen LogP contribution in [-0.4, -0.2) is 32.8 Å². The van der Waals surface area contributed by atoms with Gasteiger partial charge >= 0.3 is 6.03 Å². The number of hydrogen-bond acceptors (Lipinski definition) is 4. The minimum Gasteiger partial charge on any atom is -0.338 e. The largest absolute Gasteiger partial charge is 0.338 e. The Morgan fingerprint density at radius 3 is 2.74 bits per heavy atom. The van der Waals surface area contributed by atoms with Crippen LogP contribution >= 0.6 is 0 Å². The van der Waals surface area contributed by atoms with Crippen molar-refractivity contribution < 1.29 is 4.79 Å². The monoisotopic (exact) mass is 314 g/mol. The lowest BCUT2D eigenvalue weighted by atomic mass is 10.1. The Kier molecular flexibility index (Phi) is 5.18. The van der Waals surface area contributed by atoms with Crippen LogP contribution in [0.2, 0.25) is 0 Å². The van der Waals surface area contributed by atoms with E-state index in [1.165, 1.54) is 18.4 Å². The Bertz CT molecular complexity index is 621. The summed E-state index contributed by atoms with van der Waals surface area (Å²) in [5.41, 5.74) is 1.21. The Morgan fingerprint density at radius 2 is 1.96 bits per heavy atom. The Morgan fingerprint density at radius 1 is 1.17 bits per heavy atom. The lowest BCUT2D eigenvalue weighted by molar-refractivity contribution is 0.240. The molecule has 2 N–H and O–H groups in total. The molecule has 1 aliphatic carbocycles. The summed E-state index contributed by atoms with van der Waals surface area (Å²) in [4.78, 5) is 11.9. The van der Waals surface area contributed by atoms with Gasteiger partial charge in [0.25, 0.3) is 0 Å². The summed E-state index contributed by atoms with van der Waals surface area (Å²) in [7, 11) is 0. The number of carbonyl (C=O) groups is 1. The Labute approximate surface area is 135 Å². The van der Waals surface area contributed by atoms with Crippen LogP contribution in [0.4, 0.5) is 4.79 Å². The summed E-state index contributed by atoms with van der Waals surface area (Å²) >= 11 is 0. The van der Waals surface area contributed by atoms with E-state index in [9.17, 15) is 4.79 Å². The van der Waals surface area contributed by atoms with Crippen molar-refractivity contribution in [3.63, 3.8) is 0 Å². The molecule has 0 saturated heterocycles. The van der Waals surface area contributed by atoms with Gasteiger partial charge in [-0.15, -0.1) is 5.10 Å². The zero-order valence-corrected chi connectivity index (χ0v) is 13.1. The van der Waals surface area contributed by atoms with Gasteiger partial charge < -0.3 is 10.6 Å². The summed E-state index contributed by atoms with van der Waals surface area (Å²) in [6.45, 7) is 0.948. The topological polar surface area (TPSA) is 84.7 Å². The van der Waals surface area contributed by atoms with E-state index < -0.39 is 0 Å². The highest BCUT2D eigenvalue weighted by Crippen LogP contribution is 2.28. The van der Waals surface area contributed by atoms with Crippen molar-refractivity contribution in [2.75, 3.05) is 6.54 Å². The van der Waals surface area contributed by atoms with Gasteiger partial charge in [-0.05, 0) is 35.3 Å². The second kappa shape index (κ2) is 7.71. The molecular weight excluding hydrogens is 292 g/mol. The lowest BCUT2D eigenvalue weighted by Gasteiger charge is -2.12. The van der Waals surface area contributed by atoms with Crippen molar-refractivity contribution in [3.8, 4) is 0 Å². The van der Waals surface area contributed by atoms with E-state index in [1.807, 2.05) is 22.9 Å². The third-order valence-corrected chi connectivity index (χ3v) is 4.18. The van der Waals surface area contributed by atoms with Gasteiger partial charge in [-0.1, -0.05) is 43.2 Å². The molecule has 0 aliphatic heterocycles. The number of hydrogen-bond donors (Lipinski definition) is 2. The molecule has 2 aromatic rings. The van der Waals surface area contributed by atoms with Gasteiger partial charge in [0.2, 0.25) is 0 Å². The molecule has 1 saturated carbocycles. The van der Waals surface area contributed by atoms with Crippen molar-refractivity contribution in [3.05, 3.63) is 41.7 Å². The molecule has 7 heteroatoms. The molecular formula is C16H22N6O. The second-order valence-corrected chi connectivity index (χ2v) is 5.82. The number of aromatic nitrogens is 4. The molecule has 23 heavy (non-hydrogen) atoms. The number of benzene rings is 1. The first-order chi connectivity index (χ1) is 11.3. The van der Waals surface area contributed by atoms with Crippen molar-refractivity contribution in [2.24, 2.45) is 0 Å².